The lowest BCUT2D eigenvalue weighted by Gasteiger charge is -2.35. The summed E-state index contributed by atoms with van der Waals surface area (Å²) < 4.78 is 5.67. The van der Waals surface area contributed by atoms with E-state index < -0.39 is 12.2 Å². The molecule has 2 aromatic rings. The van der Waals surface area contributed by atoms with Gasteiger partial charge in [0.25, 0.3) is 5.91 Å². The summed E-state index contributed by atoms with van der Waals surface area (Å²) in [4.78, 5) is 14.2. The van der Waals surface area contributed by atoms with Crippen LogP contribution >= 0.6 is 0 Å². The fourth-order valence-corrected chi connectivity index (χ4v) is 2.68. The van der Waals surface area contributed by atoms with Crippen molar-refractivity contribution in [2.75, 3.05) is 19.7 Å². The molecule has 0 saturated carbocycles. The summed E-state index contributed by atoms with van der Waals surface area (Å²) in [6, 6.07) is 18.6. The number of carbonyl (C=O) groups is 1. The molecule has 1 fully saturated rings. The number of aliphatic hydroxyl groups is 1. The van der Waals surface area contributed by atoms with Gasteiger partial charge in [-0.15, -0.1) is 0 Å². The molecule has 1 heterocycles. The predicted molar refractivity (Wildman–Crippen MR) is 83.5 cm³/mol. The van der Waals surface area contributed by atoms with Crippen molar-refractivity contribution in [3.63, 3.8) is 0 Å². The number of morpholine rings is 1. The van der Waals surface area contributed by atoms with Crippen LogP contribution in [0, 0.1) is 0 Å². The monoisotopic (exact) mass is 297 g/mol. The Morgan fingerprint density at radius 1 is 1.09 bits per heavy atom. The van der Waals surface area contributed by atoms with Crippen LogP contribution in [0.3, 0.4) is 0 Å². The molecule has 0 aliphatic carbocycles. The van der Waals surface area contributed by atoms with Crippen molar-refractivity contribution in [2.24, 2.45) is 0 Å². The molecular weight excluding hydrogens is 278 g/mol. The third-order valence-electron chi connectivity index (χ3n) is 3.89. The molecule has 1 aliphatic heterocycles. The third-order valence-corrected chi connectivity index (χ3v) is 3.89. The van der Waals surface area contributed by atoms with Crippen molar-refractivity contribution >= 4 is 5.91 Å². The maximum Gasteiger partial charge on any atom is 0.254 e. The molecule has 114 valence electrons. The number of carbonyl (C=O) groups excluding carboxylic acids is 1. The Bertz CT molecular complexity index is 615. The molecule has 1 amide bonds. The van der Waals surface area contributed by atoms with Gasteiger partial charge >= 0.3 is 0 Å². The van der Waals surface area contributed by atoms with Crippen LogP contribution in [-0.4, -0.2) is 41.7 Å². The van der Waals surface area contributed by atoms with Gasteiger partial charge in [0.1, 0.15) is 12.2 Å². The highest BCUT2D eigenvalue weighted by atomic mass is 16.5. The third kappa shape index (κ3) is 3.18. The first-order valence-electron chi connectivity index (χ1n) is 7.44. The van der Waals surface area contributed by atoms with Crippen molar-refractivity contribution < 1.29 is 14.6 Å². The second kappa shape index (κ2) is 6.73. The van der Waals surface area contributed by atoms with Gasteiger partial charge in [0.2, 0.25) is 0 Å². The van der Waals surface area contributed by atoms with Crippen LogP contribution in [-0.2, 0) is 4.74 Å². The molecule has 0 radical (unpaired) electrons. The number of rotatable bonds is 3. The normalized spacial score (nSPS) is 19.7. The SMILES string of the molecule is O=C(c1ccccc1)N1CCOC(C(O)c2ccccc2)C1. The standard InChI is InChI=1S/C18H19NO3/c20-17(14-7-3-1-4-8-14)16-13-19(11-12-22-16)18(21)15-9-5-2-6-10-15/h1-10,16-17,20H,11-13H2. The highest BCUT2D eigenvalue weighted by Gasteiger charge is 2.30. The molecule has 2 aromatic carbocycles. The van der Waals surface area contributed by atoms with E-state index in [-0.39, 0.29) is 5.91 Å². The van der Waals surface area contributed by atoms with Crippen LogP contribution in [0.15, 0.2) is 60.7 Å². The Morgan fingerprint density at radius 3 is 2.41 bits per heavy atom. The highest BCUT2D eigenvalue weighted by Crippen LogP contribution is 2.23. The number of amides is 1. The van der Waals surface area contributed by atoms with E-state index >= 15 is 0 Å². The van der Waals surface area contributed by atoms with Crippen LogP contribution in [0.1, 0.15) is 22.0 Å². The summed E-state index contributed by atoms with van der Waals surface area (Å²) in [6.07, 6.45) is -1.13. The predicted octanol–water partition coefficient (Wildman–Crippen LogP) is 2.26. The lowest BCUT2D eigenvalue weighted by molar-refractivity contribution is -0.0820. The van der Waals surface area contributed by atoms with Gasteiger partial charge in [-0.3, -0.25) is 4.79 Å². The van der Waals surface area contributed by atoms with E-state index in [2.05, 4.69) is 0 Å². The Hall–Kier alpha value is -2.17. The topological polar surface area (TPSA) is 49.8 Å². The first-order valence-corrected chi connectivity index (χ1v) is 7.44. The van der Waals surface area contributed by atoms with Gasteiger partial charge in [-0.2, -0.15) is 0 Å². The van der Waals surface area contributed by atoms with E-state index in [9.17, 15) is 9.90 Å². The van der Waals surface area contributed by atoms with Crippen molar-refractivity contribution in [1.82, 2.24) is 4.90 Å². The first-order chi connectivity index (χ1) is 10.8. The van der Waals surface area contributed by atoms with Crippen molar-refractivity contribution in [2.45, 2.75) is 12.2 Å². The summed E-state index contributed by atoms with van der Waals surface area (Å²) >= 11 is 0. The lowest BCUT2D eigenvalue weighted by atomic mass is 10.0. The smallest absolute Gasteiger partial charge is 0.254 e. The van der Waals surface area contributed by atoms with Gasteiger partial charge in [-0.05, 0) is 17.7 Å². The van der Waals surface area contributed by atoms with Crippen molar-refractivity contribution in [3.8, 4) is 0 Å². The number of nitrogens with zero attached hydrogens (tertiary/aromatic N) is 1. The van der Waals surface area contributed by atoms with Crippen molar-refractivity contribution in [3.05, 3.63) is 71.8 Å². The number of hydrogen-bond donors (Lipinski definition) is 1. The van der Waals surface area contributed by atoms with Crippen LogP contribution in [0.25, 0.3) is 0 Å². The molecule has 1 saturated heterocycles. The first kappa shape index (κ1) is 14.8. The average molecular weight is 297 g/mol. The van der Waals surface area contributed by atoms with Crippen LogP contribution in [0.4, 0.5) is 0 Å². The highest BCUT2D eigenvalue weighted by molar-refractivity contribution is 5.94. The van der Waals surface area contributed by atoms with Gasteiger partial charge in [-0.25, -0.2) is 0 Å². The molecule has 3 rings (SSSR count). The summed E-state index contributed by atoms with van der Waals surface area (Å²) in [5.41, 5.74) is 1.47. The molecule has 22 heavy (non-hydrogen) atoms. The molecule has 4 heteroatoms. The molecule has 1 aliphatic rings. The Balaban J connectivity index is 1.70. The maximum absolute atomic E-state index is 12.5. The van der Waals surface area contributed by atoms with Crippen LogP contribution in [0.5, 0.6) is 0 Å². The minimum atomic E-state index is -0.729. The summed E-state index contributed by atoms with van der Waals surface area (Å²) in [6.45, 7) is 1.38. The molecule has 0 aromatic heterocycles. The van der Waals surface area contributed by atoms with Crippen LogP contribution in [0.2, 0.25) is 0 Å². The fraction of sp³-hybridized carbons (Fsp3) is 0.278. The number of benzene rings is 2. The van der Waals surface area contributed by atoms with E-state index in [1.54, 1.807) is 17.0 Å². The van der Waals surface area contributed by atoms with Gasteiger partial charge < -0.3 is 14.7 Å². The molecular formula is C18H19NO3. The zero-order valence-electron chi connectivity index (χ0n) is 12.3. The minimum absolute atomic E-state index is 0.0193. The van der Waals surface area contributed by atoms with Crippen LogP contribution < -0.4 is 0 Å². The molecule has 2 atom stereocenters. The summed E-state index contributed by atoms with van der Waals surface area (Å²) in [7, 11) is 0. The number of ether oxygens (including phenoxy) is 1. The fourth-order valence-electron chi connectivity index (χ4n) is 2.68. The van der Waals surface area contributed by atoms with E-state index in [1.165, 1.54) is 0 Å². The number of aliphatic hydroxyl groups excluding tert-OH is 1. The molecule has 4 nitrogen and oxygen atoms in total. The van der Waals surface area contributed by atoms with E-state index in [0.29, 0.717) is 25.3 Å². The molecule has 0 bridgehead atoms. The van der Waals surface area contributed by atoms with Gasteiger partial charge in [-0.1, -0.05) is 48.5 Å². The van der Waals surface area contributed by atoms with Gasteiger partial charge in [0.05, 0.1) is 13.2 Å². The van der Waals surface area contributed by atoms with E-state index in [1.807, 2.05) is 48.5 Å². The second-order valence-electron chi connectivity index (χ2n) is 5.38. The second-order valence-corrected chi connectivity index (χ2v) is 5.38. The largest absolute Gasteiger partial charge is 0.386 e. The van der Waals surface area contributed by atoms with Crippen molar-refractivity contribution in [1.29, 1.82) is 0 Å². The minimum Gasteiger partial charge on any atom is -0.386 e. The number of hydrogen-bond acceptors (Lipinski definition) is 3. The Labute approximate surface area is 130 Å². The zero-order valence-corrected chi connectivity index (χ0v) is 12.3. The average Bonchev–Trinajstić information content (AvgIpc) is 2.62. The maximum atomic E-state index is 12.5. The van der Waals surface area contributed by atoms with Gasteiger partial charge in [0, 0.05) is 12.1 Å². The Kier molecular flexibility index (Phi) is 4.51. The van der Waals surface area contributed by atoms with Gasteiger partial charge in [0.15, 0.2) is 0 Å². The Morgan fingerprint density at radius 2 is 1.73 bits per heavy atom. The quantitative estimate of drug-likeness (QED) is 0.945. The van der Waals surface area contributed by atoms with E-state index in [0.717, 1.165) is 5.56 Å². The summed E-state index contributed by atoms with van der Waals surface area (Å²) in [5, 5.41) is 10.5. The summed E-state index contributed by atoms with van der Waals surface area (Å²) in [5.74, 6) is -0.0193. The lowest BCUT2D eigenvalue weighted by Crippen LogP contribution is -2.47. The molecule has 2 unspecified atom stereocenters. The molecule has 1 N–H and O–H groups in total. The molecule has 0 spiro atoms. The zero-order chi connectivity index (χ0) is 15.4. The van der Waals surface area contributed by atoms with E-state index in [4.69, 9.17) is 4.74 Å².